The van der Waals surface area contributed by atoms with Gasteiger partial charge < -0.3 is 4.55 Å². The van der Waals surface area contributed by atoms with E-state index in [0.717, 1.165) is 6.42 Å². The fraction of sp³-hybridized carbons (Fsp3) is 0.818. The second-order valence-electron chi connectivity index (χ2n) is 3.92. The molecule has 0 saturated heterocycles. The smallest absolute Gasteiger partial charge is 0.217 e. The van der Waals surface area contributed by atoms with Gasteiger partial charge >= 0.3 is 0 Å². The number of allylic oxidation sites excluding steroid dienone is 2. The molecule has 16 heavy (non-hydrogen) atoms. The van der Waals surface area contributed by atoms with E-state index in [9.17, 15) is 13.0 Å². The summed E-state index contributed by atoms with van der Waals surface area (Å²) in [5.74, 6) is 0.239. The van der Waals surface area contributed by atoms with Crippen molar-refractivity contribution in [1.29, 1.82) is 0 Å². The SMILES string of the molecule is CCCCC/C=C/[C@@H](C)CCOS(=O)(=O)[O-]. The van der Waals surface area contributed by atoms with Gasteiger partial charge in [0, 0.05) is 0 Å². The van der Waals surface area contributed by atoms with Crippen LogP contribution in [0.1, 0.15) is 46.0 Å². The van der Waals surface area contributed by atoms with E-state index in [0.29, 0.717) is 6.42 Å². The molecule has 0 bridgehead atoms. The fourth-order valence-electron chi connectivity index (χ4n) is 1.27. The molecular weight excluding hydrogens is 228 g/mol. The van der Waals surface area contributed by atoms with Crippen LogP contribution in [0.15, 0.2) is 12.2 Å². The first-order chi connectivity index (χ1) is 7.45. The lowest BCUT2D eigenvalue weighted by molar-refractivity contribution is 0.250. The molecule has 0 radical (unpaired) electrons. The van der Waals surface area contributed by atoms with Gasteiger partial charge in [-0.05, 0) is 25.2 Å². The molecule has 0 aromatic carbocycles. The molecule has 0 aliphatic carbocycles. The van der Waals surface area contributed by atoms with Gasteiger partial charge in [-0.15, -0.1) is 0 Å². The minimum Gasteiger partial charge on any atom is -0.726 e. The molecule has 0 aromatic heterocycles. The Morgan fingerprint density at radius 2 is 2.06 bits per heavy atom. The molecule has 0 fully saturated rings. The first kappa shape index (κ1) is 15.6. The highest BCUT2D eigenvalue weighted by Gasteiger charge is 1.99. The minimum atomic E-state index is -4.53. The Morgan fingerprint density at radius 3 is 2.62 bits per heavy atom. The molecule has 0 aliphatic rings. The molecule has 0 unspecified atom stereocenters. The molecule has 0 N–H and O–H groups in total. The highest BCUT2D eigenvalue weighted by Crippen LogP contribution is 2.07. The maximum absolute atomic E-state index is 10.1. The van der Waals surface area contributed by atoms with E-state index in [4.69, 9.17) is 0 Å². The molecule has 0 spiro atoms. The molecule has 96 valence electrons. The number of hydrogen-bond acceptors (Lipinski definition) is 4. The summed E-state index contributed by atoms with van der Waals surface area (Å²) in [6, 6.07) is 0. The predicted molar refractivity (Wildman–Crippen MR) is 62.7 cm³/mol. The van der Waals surface area contributed by atoms with Crippen LogP contribution in [0, 0.1) is 5.92 Å². The van der Waals surface area contributed by atoms with Gasteiger partial charge in [0.05, 0.1) is 6.61 Å². The zero-order chi connectivity index (χ0) is 12.4. The van der Waals surface area contributed by atoms with Gasteiger partial charge in [0.2, 0.25) is 10.4 Å². The van der Waals surface area contributed by atoms with Gasteiger partial charge in [0.1, 0.15) is 0 Å². The van der Waals surface area contributed by atoms with Crippen molar-refractivity contribution in [2.45, 2.75) is 46.0 Å². The zero-order valence-electron chi connectivity index (χ0n) is 10.0. The van der Waals surface area contributed by atoms with Gasteiger partial charge in [-0.1, -0.05) is 38.8 Å². The van der Waals surface area contributed by atoms with Crippen LogP contribution in [-0.2, 0) is 14.6 Å². The Kier molecular flexibility index (Phi) is 8.51. The predicted octanol–water partition coefficient (Wildman–Crippen LogP) is 2.63. The number of hydrogen-bond donors (Lipinski definition) is 0. The van der Waals surface area contributed by atoms with Crippen molar-refractivity contribution in [2.24, 2.45) is 5.92 Å². The summed E-state index contributed by atoms with van der Waals surface area (Å²) in [4.78, 5) is 0. The second kappa shape index (κ2) is 8.73. The van der Waals surface area contributed by atoms with E-state index in [-0.39, 0.29) is 12.5 Å². The molecular formula is C11H21O4S-. The molecule has 0 amide bonds. The van der Waals surface area contributed by atoms with Crippen LogP contribution in [0.2, 0.25) is 0 Å². The summed E-state index contributed by atoms with van der Waals surface area (Å²) in [5.41, 5.74) is 0. The Labute approximate surface area is 98.7 Å². The molecule has 0 aromatic rings. The third kappa shape index (κ3) is 11.7. The van der Waals surface area contributed by atoms with Crippen molar-refractivity contribution in [1.82, 2.24) is 0 Å². The van der Waals surface area contributed by atoms with E-state index in [1.807, 2.05) is 13.0 Å². The van der Waals surface area contributed by atoms with Crippen LogP contribution < -0.4 is 0 Å². The largest absolute Gasteiger partial charge is 0.726 e. The van der Waals surface area contributed by atoms with Gasteiger partial charge in [-0.3, -0.25) is 4.18 Å². The average molecular weight is 249 g/mol. The Bertz CT molecular complexity index is 282. The van der Waals surface area contributed by atoms with Crippen molar-refractivity contribution in [3.63, 3.8) is 0 Å². The molecule has 0 aliphatic heterocycles. The van der Waals surface area contributed by atoms with Crippen LogP contribution in [0.3, 0.4) is 0 Å². The monoisotopic (exact) mass is 249 g/mol. The molecule has 0 saturated carbocycles. The molecule has 0 rings (SSSR count). The van der Waals surface area contributed by atoms with Crippen molar-refractivity contribution in [2.75, 3.05) is 6.61 Å². The summed E-state index contributed by atoms with van der Waals surface area (Å²) in [7, 11) is -4.53. The normalized spacial score (nSPS) is 14.4. The highest BCUT2D eigenvalue weighted by molar-refractivity contribution is 7.80. The lowest BCUT2D eigenvalue weighted by Crippen LogP contribution is -2.07. The van der Waals surface area contributed by atoms with Gasteiger partial charge in [0.25, 0.3) is 0 Å². The first-order valence-corrected chi connectivity index (χ1v) is 7.06. The summed E-state index contributed by atoms with van der Waals surface area (Å²) in [6.07, 6.45) is 9.37. The Hall–Kier alpha value is -0.390. The Balaban J connectivity index is 3.54. The summed E-state index contributed by atoms with van der Waals surface area (Å²) in [6.45, 7) is 4.09. The van der Waals surface area contributed by atoms with E-state index < -0.39 is 10.4 Å². The first-order valence-electron chi connectivity index (χ1n) is 5.72. The standard InChI is InChI=1S/C11H22O4S/c1-3-4-5-6-7-8-11(2)9-10-15-16(12,13)14/h7-8,11H,3-6,9-10H2,1-2H3,(H,12,13,14)/p-1/b8-7+/t11-/m1/s1. The van der Waals surface area contributed by atoms with E-state index >= 15 is 0 Å². The van der Waals surface area contributed by atoms with Gasteiger partial charge in [-0.25, -0.2) is 8.42 Å². The third-order valence-electron chi connectivity index (χ3n) is 2.24. The lowest BCUT2D eigenvalue weighted by Gasteiger charge is -2.09. The Morgan fingerprint density at radius 1 is 1.38 bits per heavy atom. The minimum absolute atomic E-state index is 0.0354. The molecule has 1 atom stereocenters. The topological polar surface area (TPSA) is 66.4 Å². The van der Waals surface area contributed by atoms with Crippen LogP contribution in [0.5, 0.6) is 0 Å². The van der Waals surface area contributed by atoms with Crippen molar-refractivity contribution < 1.29 is 17.2 Å². The van der Waals surface area contributed by atoms with E-state index in [1.165, 1.54) is 19.3 Å². The van der Waals surface area contributed by atoms with Crippen LogP contribution in [0.25, 0.3) is 0 Å². The van der Waals surface area contributed by atoms with Crippen molar-refractivity contribution >= 4 is 10.4 Å². The quantitative estimate of drug-likeness (QED) is 0.273. The van der Waals surface area contributed by atoms with E-state index in [2.05, 4.69) is 17.2 Å². The van der Waals surface area contributed by atoms with Crippen molar-refractivity contribution in [3.8, 4) is 0 Å². The number of unbranched alkanes of at least 4 members (excludes halogenated alkanes) is 3. The summed E-state index contributed by atoms with van der Waals surface area (Å²) in [5, 5.41) is 0. The lowest BCUT2D eigenvalue weighted by atomic mass is 10.1. The molecule has 5 heteroatoms. The third-order valence-corrected chi connectivity index (χ3v) is 2.70. The number of rotatable bonds is 9. The fourth-order valence-corrected chi connectivity index (χ4v) is 1.57. The second-order valence-corrected chi connectivity index (χ2v) is 4.97. The van der Waals surface area contributed by atoms with E-state index in [1.54, 1.807) is 0 Å². The van der Waals surface area contributed by atoms with Gasteiger partial charge in [-0.2, -0.15) is 0 Å². The average Bonchev–Trinajstić information content (AvgIpc) is 2.15. The maximum atomic E-state index is 10.1. The highest BCUT2D eigenvalue weighted by atomic mass is 32.3. The molecule has 4 nitrogen and oxygen atoms in total. The van der Waals surface area contributed by atoms with Crippen LogP contribution in [-0.4, -0.2) is 19.6 Å². The van der Waals surface area contributed by atoms with Crippen LogP contribution >= 0.6 is 0 Å². The maximum Gasteiger partial charge on any atom is 0.217 e. The van der Waals surface area contributed by atoms with Crippen molar-refractivity contribution in [3.05, 3.63) is 12.2 Å². The van der Waals surface area contributed by atoms with Crippen LogP contribution in [0.4, 0.5) is 0 Å². The molecule has 0 heterocycles. The zero-order valence-corrected chi connectivity index (χ0v) is 10.8. The summed E-state index contributed by atoms with van der Waals surface area (Å²) < 4.78 is 34.6. The summed E-state index contributed by atoms with van der Waals surface area (Å²) >= 11 is 0. The van der Waals surface area contributed by atoms with Gasteiger partial charge in [0.15, 0.2) is 0 Å².